The van der Waals surface area contributed by atoms with Crippen LogP contribution in [0.15, 0.2) is 0 Å². The minimum Gasteiger partial charge on any atom is -0.477 e. The Morgan fingerprint density at radius 1 is 1.27 bits per heavy atom. The van der Waals surface area contributed by atoms with Gasteiger partial charge in [-0.25, -0.2) is 9.78 Å². The van der Waals surface area contributed by atoms with Crippen LogP contribution in [0.1, 0.15) is 59.5 Å². The van der Waals surface area contributed by atoms with Gasteiger partial charge < -0.3 is 15.7 Å². The predicted octanol–water partition coefficient (Wildman–Crippen LogP) is 1.63. The summed E-state index contributed by atoms with van der Waals surface area (Å²) in [5, 5.41) is 15.0. The summed E-state index contributed by atoms with van der Waals surface area (Å²) in [6.45, 7) is 5.81. The number of thiazole rings is 1. The maximum absolute atomic E-state index is 11.8. The first kappa shape index (κ1) is 18.1. The van der Waals surface area contributed by atoms with Gasteiger partial charge in [-0.1, -0.05) is 0 Å². The minimum absolute atomic E-state index is 0.0648. The molecule has 0 bridgehead atoms. The van der Waals surface area contributed by atoms with Gasteiger partial charge in [0, 0.05) is 19.4 Å². The molecule has 1 atom stereocenters. The van der Waals surface area contributed by atoms with Gasteiger partial charge in [0.25, 0.3) is 0 Å². The Morgan fingerprint density at radius 2 is 1.91 bits per heavy atom. The lowest BCUT2D eigenvalue weighted by Crippen LogP contribution is -2.27. The van der Waals surface area contributed by atoms with Crippen molar-refractivity contribution in [2.75, 3.05) is 6.54 Å². The monoisotopic (exact) mass is 327 g/mol. The molecule has 22 heavy (non-hydrogen) atoms. The second-order valence-corrected chi connectivity index (χ2v) is 5.90. The number of aryl methyl sites for hydroxylation is 1. The zero-order chi connectivity index (χ0) is 16.7. The standard InChI is InChI=1S/C14H21N3O4S/c1-4-15-10(18)6-5-7-11(19)16-9(3)13-17-8(2)12(22-13)14(20)21/h9H,4-7H2,1-3H3,(H,15,18)(H,16,19)(H,20,21). The third-order valence-corrected chi connectivity index (χ3v) is 4.27. The van der Waals surface area contributed by atoms with Crippen LogP contribution in [0.2, 0.25) is 0 Å². The maximum Gasteiger partial charge on any atom is 0.347 e. The van der Waals surface area contributed by atoms with E-state index in [4.69, 9.17) is 5.11 Å². The smallest absolute Gasteiger partial charge is 0.347 e. The Labute approximate surface area is 133 Å². The highest BCUT2D eigenvalue weighted by atomic mass is 32.1. The Kier molecular flexibility index (Phi) is 6.97. The van der Waals surface area contributed by atoms with Gasteiger partial charge in [0.15, 0.2) is 0 Å². The summed E-state index contributed by atoms with van der Waals surface area (Å²) in [6, 6.07) is -0.353. The summed E-state index contributed by atoms with van der Waals surface area (Å²) in [5.41, 5.74) is 0.449. The summed E-state index contributed by atoms with van der Waals surface area (Å²) in [5.74, 6) is -1.26. The van der Waals surface area contributed by atoms with Crippen molar-refractivity contribution in [1.82, 2.24) is 15.6 Å². The maximum atomic E-state index is 11.8. The minimum atomic E-state index is -1.01. The predicted molar refractivity (Wildman–Crippen MR) is 82.9 cm³/mol. The van der Waals surface area contributed by atoms with Crippen LogP contribution in [-0.4, -0.2) is 34.4 Å². The normalized spacial score (nSPS) is 11.8. The number of aromatic carboxylic acids is 1. The molecule has 0 aliphatic carbocycles. The lowest BCUT2D eigenvalue weighted by molar-refractivity contribution is -0.122. The van der Waals surface area contributed by atoms with Crippen LogP contribution in [0.25, 0.3) is 0 Å². The molecule has 1 unspecified atom stereocenters. The van der Waals surface area contributed by atoms with E-state index in [1.54, 1.807) is 13.8 Å². The average Bonchev–Trinajstić information content (AvgIpc) is 2.81. The van der Waals surface area contributed by atoms with Crippen molar-refractivity contribution in [3.8, 4) is 0 Å². The van der Waals surface area contributed by atoms with Gasteiger partial charge in [-0.15, -0.1) is 11.3 Å². The molecule has 1 aromatic rings. The highest BCUT2D eigenvalue weighted by Crippen LogP contribution is 2.23. The van der Waals surface area contributed by atoms with E-state index in [-0.39, 0.29) is 29.2 Å². The van der Waals surface area contributed by atoms with E-state index in [2.05, 4.69) is 15.6 Å². The average molecular weight is 327 g/mol. The molecule has 8 heteroatoms. The Bertz CT molecular complexity index is 556. The second-order valence-electron chi connectivity index (χ2n) is 4.87. The van der Waals surface area contributed by atoms with Gasteiger partial charge in [0.2, 0.25) is 11.8 Å². The van der Waals surface area contributed by atoms with E-state index in [0.29, 0.717) is 30.1 Å². The molecular formula is C14H21N3O4S. The molecule has 1 rings (SSSR count). The first-order chi connectivity index (χ1) is 10.3. The van der Waals surface area contributed by atoms with Crippen LogP contribution in [0.5, 0.6) is 0 Å². The number of nitrogens with zero attached hydrogens (tertiary/aromatic N) is 1. The van der Waals surface area contributed by atoms with Gasteiger partial charge in [-0.05, 0) is 27.2 Å². The van der Waals surface area contributed by atoms with Crippen LogP contribution in [0.3, 0.4) is 0 Å². The van der Waals surface area contributed by atoms with Crippen LogP contribution in [0.4, 0.5) is 0 Å². The quantitative estimate of drug-likeness (QED) is 0.672. The fraction of sp³-hybridized carbons (Fsp3) is 0.571. The number of carbonyl (C=O) groups is 3. The van der Waals surface area contributed by atoms with E-state index in [1.165, 1.54) is 0 Å². The SMILES string of the molecule is CCNC(=O)CCCC(=O)NC(C)c1nc(C)c(C(=O)O)s1. The van der Waals surface area contributed by atoms with Gasteiger partial charge in [0.1, 0.15) is 9.88 Å². The topological polar surface area (TPSA) is 108 Å². The summed E-state index contributed by atoms with van der Waals surface area (Å²) < 4.78 is 0. The van der Waals surface area contributed by atoms with Crippen LogP contribution < -0.4 is 10.6 Å². The van der Waals surface area contributed by atoms with Crippen molar-refractivity contribution in [3.63, 3.8) is 0 Å². The molecule has 7 nitrogen and oxygen atoms in total. The fourth-order valence-corrected chi connectivity index (χ4v) is 2.78. The Balaban J connectivity index is 2.45. The van der Waals surface area contributed by atoms with Crippen LogP contribution in [0, 0.1) is 6.92 Å². The molecule has 3 N–H and O–H groups in total. The van der Waals surface area contributed by atoms with Gasteiger partial charge in [-0.3, -0.25) is 9.59 Å². The first-order valence-corrected chi connectivity index (χ1v) is 7.93. The molecule has 0 aliphatic heterocycles. The summed E-state index contributed by atoms with van der Waals surface area (Å²) in [6.07, 6.45) is 1.04. The third-order valence-electron chi connectivity index (χ3n) is 2.94. The molecule has 1 aromatic heterocycles. The largest absolute Gasteiger partial charge is 0.477 e. The van der Waals surface area contributed by atoms with E-state index in [0.717, 1.165) is 11.3 Å². The van der Waals surface area contributed by atoms with Gasteiger partial charge in [0.05, 0.1) is 11.7 Å². The molecule has 0 spiro atoms. The highest BCUT2D eigenvalue weighted by Gasteiger charge is 2.19. The molecule has 0 fully saturated rings. The van der Waals surface area contributed by atoms with Crippen molar-refractivity contribution >= 4 is 29.1 Å². The molecule has 0 radical (unpaired) electrons. The number of nitrogens with one attached hydrogen (secondary N) is 2. The van der Waals surface area contributed by atoms with Crippen molar-refractivity contribution in [3.05, 3.63) is 15.6 Å². The second kappa shape index (κ2) is 8.47. The molecular weight excluding hydrogens is 306 g/mol. The summed E-state index contributed by atoms with van der Waals surface area (Å²) in [4.78, 5) is 38.4. The van der Waals surface area contributed by atoms with Crippen molar-refractivity contribution in [2.45, 2.75) is 46.1 Å². The lowest BCUT2D eigenvalue weighted by atomic mass is 10.2. The number of carbonyl (C=O) groups excluding carboxylic acids is 2. The lowest BCUT2D eigenvalue weighted by Gasteiger charge is -2.11. The summed E-state index contributed by atoms with van der Waals surface area (Å²) in [7, 11) is 0. The van der Waals surface area contributed by atoms with E-state index < -0.39 is 5.97 Å². The molecule has 1 heterocycles. The number of carboxylic acid groups (broad SMARTS) is 1. The number of carboxylic acids is 1. The molecule has 2 amide bonds. The van der Waals surface area contributed by atoms with Crippen LogP contribution in [-0.2, 0) is 9.59 Å². The highest BCUT2D eigenvalue weighted by molar-refractivity contribution is 7.13. The number of hydrogen-bond donors (Lipinski definition) is 3. The molecule has 0 saturated carbocycles. The van der Waals surface area contributed by atoms with Crippen molar-refractivity contribution in [2.24, 2.45) is 0 Å². The molecule has 0 aromatic carbocycles. The van der Waals surface area contributed by atoms with E-state index >= 15 is 0 Å². The van der Waals surface area contributed by atoms with Gasteiger partial charge in [-0.2, -0.15) is 0 Å². The first-order valence-electron chi connectivity index (χ1n) is 7.11. The van der Waals surface area contributed by atoms with E-state index in [9.17, 15) is 14.4 Å². The number of aromatic nitrogens is 1. The van der Waals surface area contributed by atoms with E-state index in [1.807, 2.05) is 6.92 Å². The molecule has 122 valence electrons. The van der Waals surface area contributed by atoms with Gasteiger partial charge >= 0.3 is 5.97 Å². The molecule has 0 aliphatic rings. The Hall–Kier alpha value is -1.96. The zero-order valence-corrected chi connectivity index (χ0v) is 13.7. The summed E-state index contributed by atoms with van der Waals surface area (Å²) >= 11 is 1.06. The Morgan fingerprint density at radius 3 is 2.45 bits per heavy atom. The number of rotatable bonds is 8. The fourth-order valence-electron chi connectivity index (χ4n) is 1.87. The van der Waals surface area contributed by atoms with Crippen molar-refractivity contribution < 1.29 is 19.5 Å². The number of hydrogen-bond acceptors (Lipinski definition) is 5. The van der Waals surface area contributed by atoms with Crippen LogP contribution >= 0.6 is 11.3 Å². The van der Waals surface area contributed by atoms with Crippen molar-refractivity contribution in [1.29, 1.82) is 0 Å². The third kappa shape index (κ3) is 5.44. The number of amides is 2. The zero-order valence-electron chi connectivity index (χ0n) is 12.9. The molecule has 0 saturated heterocycles.